The van der Waals surface area contributed by atoms with Crippen LogP contribution in [0.25, 0.3) is 0 Å². The molecule has 0 saturated heterocycles. The van der Waals surface area contributed by atoms with Crippen molar-refractivity contribution in [1.29, 1.82) is 0 Å². The second kappa shape index (κ2) is 13.1. The molecule has 0 aromatic heterocycles. The fourth-order valence-electron chi connectivity index (χ4n) is 3.38. The third-order valence-electron chi connectivity index (χ3n) is 5.24. The molecule has 0 spiro atoms. The SMILES string of the molecule is COc1ccc(N(CC(=O)N/N=C/c2ccc(OCC(N)=O)cc2)S(=O)(=O)c2ccccc2[N+](=O)[O-])c(OC)c1. The third kappa shape index (κ3) is 7.22. The molecule has 0 aliphatic rings. The smallest absolute Gasteiger partial charge is 0.289 e. The number of nitrogens with two attached hydrogens (primary N) is 1. The first-order valence-electron chi connectivity index (χ1n) is 11.4. The summed E-state index contributed by atoms with van der Waals surface area (Å²) in [6.07, 6.45) is 1.30. The molecule has 3 N–H and O–H groups in total. The van der Waals surface area contributed by atoms with Crippen LogP contribution in [-0.4, -0.2) is 58.7 Å². The number of hydrazone groups is 1. The van der Waals surface area contributed by atoms with E-state index in [2.05, 4.69) is 10.5 Å². The van der Waals surface area contributed by atoms with Crippen molar-refractivity contribution >= 4 is 39.4 Å². The van der Waals surface area contributed by atoms with Crippen molar-refractivity contribution in [2.45, 2.75) is 4.90 Å². The molecule has 3 aromatic carbocycles. The summed E-state index contributed by atoms with van der Waals surface area (Å²) >= 11 is 0. The van der Waals surface area contributed by atoms with Crippen molar-refractivity contribution < 1.29 is 37.1 Å². The summed E-state index contributed by atoms with van der Waals surface area (Å²) in [6, 6.07) is 15.3. The fraction of sp³-hybridized carbons (Fsp3) is 0.160. The van der Waals surface area contributed by atoms with Gasteiger partial charge in [-0.25, -0.2) is 13.8 Å². The van der Waals surface area contributed by atoms with Gasteiger partial charge in [-0.1, -0.05) is 12.1 Å². The molecular formula is C25H25N5O9S. The molecule has 3 rings (SSSR count). The van der Waals surface area contributed by atoms with E-state index >= 15 is 0 Å². The Hall–Kier alpha value is -5.18. The summed E-state index contributed by atoms with van der Waals surface area (Å²) < 4.78 is 43.8. The quantitative estimate of drug-likeness (QED) is 0.175. The highest BCUT2D eigenvalue weighted by Crippen LogP contribution is 2.37. The first kappa shape index (κ1) is 29.4. The first-order chi connectivity index (χ1) is 19.1. The lowest BCUT2D eigenvalue weighted by atomic mass is 10.2. The summed E-state index contributed by atoms with van der Waals surface area (Å²) in [5.41, 5.74) is 7.10. The number of nitrogens with one attached hydrogen (secondary N) is 1. The number of nitrogens with zero attached hydrogens (tertiary/aromatic N) is 3. The number of primary amides is 1. The van der Waals surface area contributed by atoms with E-state index in [1.807, 2.05) is 0 Å². The number of methoxy groups -OCH3 is 2. The Kier molecular flexibility index (Phi) is 9.59. The number of nitro benzene ring substituents is 1. The Labute approximate surface area is 229 Å². The summed E-state index contributed by atoms with van der Waals surface area (Å²) in [6.45, 7) is -1.08. The molecule has 210 valence electrons. The van der Waals surface area contributed by atoms with Crippen LogP contribution in [-0.2, 0) is 19.6 Å². The van der Waals surface area contributed by atoms with Crippen LogP contribution < -0.4 is 29.7 Å². The van der Waals surface area contributed by atoms with Crippen LogP contribution >= 0.6 is 0 Å². The average molecular weight is 572 g/mol. The standard InChI is InChI=1S/C25H25N5O9S/c1-37-19-11-12-20(22(13-19)38-2)29(40(35,36)23-6-4-3-5-21(23)30(33)34)15-25(32)28-27-14-17-7-9-18(10-8-17)39-16-24(26)31/h3-14H,15-16H2,1-2H3,(H2,26,31)(H,28,32)/b27-14+. The molecule has 40 heavy (non-hydrogen) atoms. The second-order valence-corrected chi connectivity index (χ2v) is 9.72. The van der Waals surface area contributed by atoms with Gasteiger partial charge < -0.3 is 19.9 Å². The first-order valence-corrected chi connectivity index (χ1v) is 12.8. The lowest BCUT2D eigenvalue weighted by Gasteiger charge is -2.25. The van der Waals surface area contributed by atoms with Crippen molar-refractivity contribution in [2.24, 2.45) is 10.8 Å². The minimum atomic E-state index is -4.66. The number of amides is 2. The van der Waals surface area contributed by atoms with E-state index in [1.54, 1.807) is 24.3 Å². The van der Waals surface area contributed by atoms with Crippen LogP contribution in [0.4, 0.5) is 11.4 Å². The van der Waals surface area contributed by atoms with Gasteiger partial charge in [0.25, 0.3) is 27.5 Å². The lowest BCUT2D eigenvalue weighted by Crippen LogP contribution is -2.40. The molecule has 14 nitrogen and oxygen atoms in total. The van der Waals surface area contributed by atoms with Gasteiger partial charge in [-0.3, -0.25) is 24.0 Å². The van der Waals surface area contributed by atoms with E-state index in [-0.39, 0.29) is 18.0 Å². The maximum absolute atomic E-state index is 13.7. The lowest BCUT2D eigenvalue weighted by molar-refractivity contribution is -0.387. The van der Waals surface area contributed by atoms with E-state index in [0.29, 0.717) is 21.4 Å². The summed E-state index contributed by atoms with van der Waals surface area (Å²) in [4.78, 5) is 33.8. The number of ether oxygens (including phenoxy) is 3. The van der Waals surface area contributed by atoms with Crippen LogP contribution in [0.5, 0.6) is 17.2 Å². The van der Waals surface area contributed by atoms with E-state index in [4.69, 9.17) is 19.9 Å². The Morgan fingerprint density at radius 3 is 2.35 bits per heavy atom. The molecule has 3 aromatic rings. The van der Waals surface area contributed by atoms with Crippen molar-refractivity contribution in [2.75, 3.05) is 31.7 Å². The predicted octanol–water partition coefficient (Wildman–Crippen LogP) is 1.82. The summed E-state index contributed by atoms with van der Waals surface area (Å²) in [7, 11) is -1.96. The van der Waals surface area contributed by atoms with Crippen molar-refractivity contribution in [3.63, 3.8) is 0 Å². The van der Waals surface area contributed by atoms with E-state index in [1.165, 1.54) is 50.8 Å². The highest BCUT2D eigenvalue weighted by molar-refractivity contribution is 7.93. The van der Waals surface area contributed by atoms with Gasteiger partial charge in [0.15, 0.2) is 11.5 Å². The van der Waals surface area contributed by atoms with E-state index < -0.39 is 43.9 Å². The Balaban J connectivity index is 1.89. The molecular weight excluding hydrogens is 546 g/mol. The topological polar surface area (TPSA) is 193 Å². The van der Waals surface area contributed by atoms with Gasteiger partial charge in [-0.2, -0.15) is 5.10 Å². The molecule has 2 amide bonds. The number of carbonyl (C=O) groups is 2. The van der Waals surface area contributed by atoms with Crippen LogP contribution in [0.2, 0.25) is 0 Å². The predicted molar refractivity (Wildman–Crippen MR) is 144 cm³/mol. The van der Waals surface area contributed by atoms with Gasteiger partial charge in [-0.05, 0) is 48.0 Å². The molecule has 0 aliphatic carbocycles. The number of benzene rings is 3. The Morgan fingerprint density at radius 1 is 1.05 bits per heavy atom. The van der Waals surface area contributed by atoms with Gasteiger partial charge in [0.1, 0.15) is 23.8 Å². The number of rotatable bonds is 13. The van der Waals surface area contributed by atoms with Crippen LogP contribution in [0, 0.1) is 10.1 Å². The van der Waals surface area contributed by atoms with Gasteiger partial charge in [0, 0.05) is 12.1 Å². The maximum atomic E-state index is 13.7. The number of carbonyl (C=O) groups excluding carboxylic acids is 2. The minimum Gasteiger partial charge on any atom is -0.497 e. The van der Waals surface area contributed by atoms with Crippen LogP contribution in [0.15, 0.2) is 76.7 Å². The van der Waals surface area contributed by atoms with E-state index in [9.17, 15) is 28.1 Å². The molecule has 0 aliphatic heterocycles. The zero-order valence-electron chi connectivity index (χ0n) is 21.3. The molecule has 0 heterocycles. The number of sulfonamides is 1. The molecule has 0 atom stereocenters. The van der Waals surface area contributed by atoms with Gasteiger partial charge in [-0.15, -0.1) is 0 Å². The minimum absolute atomic E-state index is 0.0384. The van der Waals surface area contributed by atoms with Gasteiger partial charge in [0.2, 0.25) is 0 Å². The van der Waals surface area contributed by atoms with Crippen LogP contribution in [0.3, 0.4) is 0 Å². The maximum Gasteiger partial charge on any atom is 0.289 e. The average Bonchev–Trinajstić information content (AvgIpc) is 2.95. The fourth-order valence-corrected chi connectivity index (χ4v) is 4.98. The highest BCUT2D eigenvalue weighted by Gasteiger charge is 2.34. The largest absolute Gasteiger partial charge is 0.497 e. The van der Waals surface area contributed by atoms with Crippen molar-refractivity contribution in [3.8, 4) is 17.2 Å². The third-order valence-corrected chi connectivity index (χ3v) is 7.04. The van der Waals surface area contributed by atoms with E-state index in [0.717, 1.165) is 12.1 Å². The number of anilines is 1. The molecule has 0 saturated carbocycles. The number of hydrogen-bond donors (Lipinski definition) is 2. The molecule has 0 bridgehead atoms. The molecule has 0 fully saturated rings. The highest BCUT2D eigenvalue weighted by atomic mass is 32.2. The van der Waals surface area contributed by atoms with Crippen molar-refractivity contribution in [1.82, 2.24) is 5.43 Å². The molecule has 0 unspecified atom stereocenters. The normalized spacial score (nSPS) is 11.1. The van der Waals surface area contributed by atoms with Crippen LogP contribution in [0.1, 0.15) is 5.56 Å². The summed E-state index contributed by atoms with van der Waals surface area (Å²) in [5, 5.41) is 15.4. The van der Waals surface area contributed by atoms with Gasteiger partial charge in [0.05, 0.1) is 31.0 Å². The molecule has 15 heteroatoms. The number of nitro groups is 1. The van der Waals surface area contributed by atoms with Gasteiger partial charge >= 0.3 is 0 Å². The number of hydrogen-bond acceptors (Lipinski definition) is 10. The monoisotopic (exact) mass is 571 g/mol. The Bertz CT molecular complexity index is 1530. The summed E-state index contributed by atoms with van der Waals surface area (Å²) in [5.74, 6) is -0.694. The number of para-hydroxylation sites is 1. The zero-order chi connectivity index (χ0) is 29.3. The van der Waals surface area contributed by atoms with Crippen molar-refractivity contribution in [3.05, 3.63) is 82.4 Å². The second-order valence-electron chi connectivity index (χ2n) is 7.89. The Morgan fingerprint density at radius 2 is 1.73 bits per heavy atom. The molecule has 0 radical (unpaired) electrons. The zero-order valence-corrected chi connectivity index (χ0v) is 22.2.